The van der Waals surface area contributed by atoms with Crippen LogP contribution in [0.25, 0.3) is 11.1 Å². The average Bonchev–Trinajstić information content (AvgIpc) is 3.36. The third-order valence-electron chi connectivity index (χ3n) is 4.74. The molecule has 0 spiro atoms. The molecule has 8 heteroatoms. The van der Waals surface area contributed by atoms with Crippen LogP contribution >= 0.6 is 22.9 Å². The molecule has 0 unspecified atom stereocenters. The van der Waals surface area contributed by atoms with Crippen LogP contribution in [0.5, 0.6) is 0 Å². The van der Waals surface area contributed by atoms with Gasteiger partial charge in [0.25, 0.3) is 11.8 Å². The van der Waals surface area contributed by atoms with Gasteiger partial charge in [-0.2, -0.15) is 5.10 Å². The Balaban J connectivity index is 1.66. The van der Waals surface area contributed by atoms with Crippen molar-refractivity contribution in [1.29, 1.82) is 0 Å². The monoisotopic (exact) mass is 450 g/mol. The lowest BCUT2D eigenvalue weighted by molar-refractivity contribution is 0.0953. The lowest BCUT2D eigenvalue weighted by Crippen LogP contribution is -2.25. The van der Waals surface area contributed by atoms with Gasteiger partial charge in [-0.3, -0.25) is 14.3 Å². The fourth-order valence-corrected chi connectivity index (χ4v) is 4.41. The second-order valence-corrected chi connectivity index (χ2v) is 8.09. The van der Waals surface area contributed by atoms with Crippen molar-refractivity contribution in [1.82, 2.24) is 15.1 Å². The molecular weight excluding hydrogens is 432 g/mol. The van der Waals surface area contributed by atoms with E-state index in [1.807, 2.05) is 66.0 Å². The molecule has 2 heterocycles. The van der Waals surface area contributed by atoms with Crippen molar-refractivity contribution in [3.63, 3.8) is 0 Å². The van der Waals surface area contributed by atoms with Gasteiger partial charge in [-0.1, -0.05) is 72.3 Å². The maximum atomic E-state index is 13.2. The van der Waals surface area contributed by atoms with Crippen molar-refractivity contribution in [2.75, 3.05) is 5.32 Å². The molecule has 2 N–H and O–H groups in total. The second kappa shape index (κ2) is 9.16. The second-order valence-electron chi connectivity index (χ2n) is 6.81. The van der Waals surface area contributed by atoms with Crippen LogP contribution in [-0.4, -0.2) is 21.6 Å². The van der Waals surface area contributed by atoms with E-state index in [-0.39, 0.29) is 16.6 Å². The number of hydrogen-bond donors (Lipinski definition) is 2. The van der Waals surface area contributed by atoms with Crippen LogP contribution in [0.2, 0.25) is 5.02 Å². The largest absolute Gasteiger partial charge is 0.348 e. The van der Waals surface area contributed by atoms with Crippen molar-refractivity contribution in [2.45, 2.75) is 6.54 Å². The summed E-state index contributed by atoms with van der Waals surface area (Å²) in [7, 11) is 1.64. The highest BCUT2D eigenvalue weighted by atomic mass is 35.5. The molecule has 4 rings (SSSR count). The van der Waals surface area contributed by atoms with E-state index in [0.717, 1.165) is 16.7 Å². The molecule has 2 amide bonds. The number of carbonyl (C=O) groups is 2. The van der Waals surface area contributed by atoms with Crippen LogP contribution in [-0.2, 0) is 13.6 Å². The number of anilines is 1. The van der Waals surface area contributed by atoms with E-state index < -0.39 is 5.91 Å². The number of benzene rings is 2. The first-order valence-corrected chi connectivity index (χ1v) is 10.8. The maximum absolute atomic E-state index is 13.2. The number of aryl methyl sites for hydroxylation is 1. The van der Waals surface area contributed by atoms with Gasteiger partial charge < -0.3 is 10.6 Å². The van der Waals surface area contributed by atoms with E-state index >= 15 is 0 Å². The summed E-state index contributed by atoms with van der Waals surface area (Å²) < 4.78 is 1.40. The van der Waals surface area contributed by atoms with Gasteiger partial charge in [-0.15, -0.1) is 11.3 Å². The van der Waals surface area contributed by atoms with Crippen LogP contribution < -0.4 is 10.6 Å². The minimum Gasteiger partial charge on any atom is -0.348 e. The van der Waals surface area contributed by atoms with Crippen LogP contribution in [0, 0.1) is 0 Å². The highest BCUT2D eigenvalue weighted by Gasteiger charge is 2.24. The summed E-state index contributed by atoms with van der Waals surface area (Å²) in [6, 6.07) is 19.2. The SMILES string of the molecule is Cn1ncc(Cl)c1C(=O)Nc1scc(-c2ccccc2)c1C(=O)NCc1ccccc1. The third-order valence-corrected chi connectivity index (χ3v) is 5.91. The summed E-state index contributed by atoms with van der Waals surface area (Å²) in [6.07, 6.45) is 1.41. The minimum atomic E-state index is -0.427. The summed E-state index contributed by atoms with van der Waals surface area (Å²) in [5, 5.41) is 12.4. The Morgan fingerprint density at radius 3 is 2.35 bits per heavy atom. The Labute approximate surface area is 188 Å². The van der Waals surface area contributed by atoms with Crippen LogP contribution in [0.4, 0.5) is 5.00 Å². The van der Waals surface area contributed by atoms with Gasteiger partial charge in [-0.05, 0) is 11.1 Å². The molecule has 31 heavy (non-hydrogen) atoms. The van der Waals surface area contributed by atoms with Crippen LogP contribution in [0.3, 0.4) is 0 Å². The average molecular weight is 451 g/mol. The van der Waals surface area contributed by atoms with E-state index in [1.54, 1.807) is 7.05 Å². The summed E-state index contributed by atoms with van der Waals surface area (Å²) in [5.74, 6) is -0.695. The van der Waals surface area contributed by atoms with E-state index in [0.29, 0.717) is 17.1 Å². The molecule has 0 bridgehead atoms. The summed E-state index contributed by atoms with van der Waals surface area (Å²) in [6.45, 7) is 0.380. The number of amides is 2. The Kier molecular flexibility index (Phi) is 6.16. The van der Waals surface area contributed by atoms with Gasteiger partial charge in [0.1, 0.15) is 10.7 Å². The van der Waals surface area contributed by atoms with Crippen molar-refractivity contribution >= 4 is 39.8 Å². The lowest BCUT2D eigenvalue weighted by atomic mass is 10.0. The number of hydrogen-bond acceptors (Lipinski definition) is 4. The normalized spacial score (nSPS) is 10.6. The number of rotatable bonds is 6. The molecule has 2 aromatic heterocycles. The van der Waals surface area contributed by atoms with Crippen molar-refractivity contribution in [2.24, 2.45) is 7.05 Å². The van der Waals surface area contributed by atoms with Gasteiger partial charge >= 0.3 is 0 Å². The van der Waals surface area contributed by atoms with Crippen molar-refractivity contribution in [3.05, 3.63) is 94.1 Å². The Morgan fingerprint density at radius 2 is 1.71 bits per heavy atom. The summed E-state index contributed by atoms with van der Waals surface area (Å²) in [4.78, 5) is 26.0. The summed E-state index contributed by atoms with van der Waals surface area (Å²) >= 11 is 7.40. The molecule has 0 atom stereocenters. The number of halogens is 1. The van der Waals surface area contributed by atoms with E-state index in [1.165, 1.54) is 22.2 Å². The number of thiophene rings is 1. The first-order chi connectivity index (χ1) is 15.0. The molecule has 0 aliphatic heterocycles. The van der Waals surface area contributed by atoms with Crippen molar-refractivity contribution < 1.29 is 9.59 Å². The number of carbonyl (C=O) groups excluding carboxylic acids is 2. The fourth-order valence-electron chi connectivity index (χ4n) is 3.20. The molecule has 2 aromatic carbocycles. The molecule has 156 valence electrons. The molecular formula is C23H19ClN4O2S. The van der Waals surface area contributed by atoms with Gasteiger partial charge in [0.2, 0.25) is 0 Å². The van der Waals surface area contributed by atoms with Gasteiger partial charge in [0.05, 0.1) is 16.8 Å². The van der Waals surface area contributed by atoms with E-state index in [2.05, 4.69) is 15.7 Å². The zero-order chi connectivity index (χ0) is 21.8. The smallest absolute Gasteiger partial charge is 0.276 e. The van der Waals surface area contributed by atoms with Gasteiger partial charge in [0.15, 0.2) is 0 Å². The zero-order valence-electron chi connectivity index (χ0n) is 16.6. The first-order valence-electron chi connectivity index (χ1n) is 9.52. The van der Waals surface area contributed by atoms with E-state index in [9.17, 15) is 9.59 Å². The fraction of sp³-hybridized carbons (Fsp3) is 0.0870. The van der Waals surface area contributed by atoms with Crippen molar-refractivity contribution in [3.8, 4) is 11.1 Å². The highest BCUT2D eigenvalue weighted by Crippen LogP contribution is 2.36. The summed E-state index contributed by atoms with van der Waals surface area (Å²) in [5.41, 5.74) is 3.27. The Bertz CT molecular complexity index is 1200. The predicted molar refractivity (Wildman–Crippen MR) is 124 cm³/mol. The third kappa shape index (κ3) is 4.52. The predicted octanol–water partition coefficient (Wildman–Crippen LogP) is 4.98. The molecule has 4 aromatic rings. The molecule has 0 aliphatic rings. The van der Waals surface area contributed by atoms with Crippen LogP contribution in [0.1, 0.15) is 26.4 Å². The maximum Gasteiger partial charge on any atom is 0.276 e. The van der Waals surface area contributed by atoms with E-state index in [4.69, 9.17) is 11.6 Å². The molecule has 6 nitrogen and oxygen atoms in total. The van der Waals surface area contributed by atoms with Gasteiger partial charge in [-0.25, -0.2) is 0 Å². The highest BCUT2D eigenvalue weighted by molar-refractivity contribution is 7.15. The number of nitrogens with zero attached hydrogens (tertiary/aromatic N) is 2. The minimum absolute atomic E-state index is 0.229. The molecule has 0 saturated heterocycles. The van der Waals surface area contributed by atoms with Gasteiger partial charge in [0, 0.05) is 24.5 Å². The number of aromatic nitrogens is 2. The lowest BCUT2D eigenvalue weighted by Gasteiger charge is -2.11. The zero-order valence-corrected chi connectivity index (χ0v) is 18.2. The standard InChI is InChI=1S/C23H19ClN4O2S/c1-28-20(18(24)13-26-28)22(30)27-23-19(17(14-31-23)16-10-6-3-7-11-16)21(29)25-12-15-8-4-2-5-9-15/h2-11,13-14H,12H2,1H3,(H,25,29)(H,27,30). The molecule has 0 fully saturated rings. The first kappa shape index (κ1) is 20.8. The topological polar surface area (TPSA) is 76.0 Å². The van der Waals surface area contributed by atoms with Crippen LogP contribution in [0.15, 0.2) is 72.2 Å². The Morgan fingerprint density at radius 1 is 1.03 bits per heavy atom. The molecule has 0 radical (unpaired) electrons. The quantitative estimate of drug-likeness (QED) is 0.434. The molecule has 0 saturated carbocycles. The number of nitrogens with one attached hydrogen (secondary N) is 2. The molecule has 0 aliphatic carbocycles. The Hall–Kier alpha value is -3.42.